The van der Waals surface area contributed by atoms with Crippen LogP contribution in [0.15, 0.2) is 22.7 Å². The molecule has 2 aliphatic rings. The van der Waals surface area contributed by atoms with E-state index in [1.165, 1.54) is 31.5 Å². The summed E-state index contributed by atoms with van der Waals surface area (Å²) in [4.78, 5) is 5.16. The second-order valence-corrected chi connectivity index (χ2v) is 6.56. The number of fused-ring (bicyclic) bond motifs is 1. The van der Waals surface area contributed by atoms with E-state index in [4.69, 9.17) is 0 Å². The third kappa shape index (κ3) is 3.19. The van der Waals surface area contributed by atoms with E-state index in [0.717, 1.165) is 19.1 Å². The van der Waals surface area contributed by atoms with Crippen LogP contribution in [-0.2, 0) is 6.54 Å². The van der Waals surface area contributed by atoms with E-state index in [1.807, 2.05) is 12.1 Å². The van der Waals surface area contributed by atoms with E-state index in [-0.39, 0.29) is 18.2 Å². The molecule has 5 heteroatoms. The molecule has 2 aliphatic heterocycles. The van der Waals surface area contributed by atoms with E-state index in [0.29, 0.717) is 10.5 Å². The first-order chi connectivity index (χ1) is 9.15. The maximum atomic E-state index is 13.3. The lowest BCUT2D eigenvalue weighted by molar-refractivity contribution is 0.0470. The van der Waals surface area contributed by atoms with Crippen LogP contribution in [0.1, 0.15) is 25.3 Å². The van der Waals surface area contributed by atoms with Gasteiger partial charge in [-0.05, 0) is 59.9 Å². The Kier molecular flexibility index (Phi) is 5.46. The summed E-state index contributed by atoms with van der Waals surface area (Å²) in [7, 11) is 0. The molecular formula is C15H21BrClFN2. The quantitative estimate of drug-likeness (QED) is 0.791. The van der Waals surface area contributed by atoms with Crippen molar-refractivity contribution in [1.82, 2.24) is 9.80 Å². The van der Waals surface area contributed by atoms with Crippen LogP contribution in [-0.4, -0.2) is 41.5 Å². The number of piperazine rings is 1. The van der Waals surface area contributed by atoms with E-state index in [1.54, 1.807) is 6.07 Å². The number of rotatable bonds is 2. The van der Waals surface area contributed by atoms with Crippen molar-refractivity contribution in [2.75, 3.05) is 19.6 Å². The molecule has 0 aromatic heterocycles. The lowest BCUT2D eigenvalue weighted by Crippen LogP contribution is -2.55. The zero-order chi connectivity index (χ0) is 13.4. The summed E-state index contributed by atoms with van der Waals surface area (Å²) in [5, 5.41) is 0. The first-order valence-electron chi connectivity index (χ1n) is 7.07. The summed E-state index contributed by atoms with van der Waals surface area (Å²) in [5.41, 5.74) is 1.19. The van der Waals surface area contributed by atoms with Gasteiger partial charge in [-0.1, -0.05) is 6.07 Å². The summed E-state index contributed by atoms with van der Waals surface area (Å²) < 4.78 is 13.8. The second-order valence-electron chi connectivity index (χ2n) is 5.71. The summed E-state index contributed by atoms with van der Waals surface area (Å²) in [6, 6.07) is 6.67. The highest BCUT2D eigenvalue weighted by molar-refractivity contribution is 9.10. The van der Waals surface area contributed by atoms with Gasteiger partial charge in [0.1, 0.15) is 5.82 Å². The van der Waals surface area contributed by atoms with Crippen molar-refractivity contribution < 1.29 is 4.39 Å². The first kappa shape index (κ1) is 16.2. The average Bonchev–Trinajstić information content (AvgIpc) is 2.86. The molecule has 2 atom stereocenters. The molecule has 1 aromatic carbocycles. The van der Waals surface area contributed by atoms with Crippen LogP contribution < -0.4 is 0 Å². The van der Waals surface area contributed by atoms with Crippen molar-refractivity contribution in [2.45, 2.75) is 38.4 Å². The van der Waals surface area contributed by atoms with Crippen molar-refractivity contribution in [3.05, 3.63) is 34.1 Å². The molecule has 0 spiro atoms. The standard InChI is InChI=1S/C15H20BrFN2.ClH/c1-11-15-3-2-6-18(15)7-8-19(11)10-12-4-5-14(17)13(16)9-12;/h4-5,9,11,15H,2-3,6-8,10H2,1H3;1H. The monoisotopic (exact) mass is 362 g/mol. The molecule has 2 nitrogen and oxygen atoms in total. The molecule has 0 N–H and O–H groups in total. The molecular weight excluding hydrogens is 343 g/mol. The minimum absolute atomic E-state index is 0. The van der Waals surface area contributed by atoms with Gasteiger partial charge in [0.15, 0.2) is 0 Å². The largest absolute Gasteiger partial charge is 0.298 e. The Balaban J connectivity index is 0.00000147. The van der Waals surface area contributed by atoms with Gasteiger partial charge in [0.2, 0.25) is 0 Å². The Hall–Kier alpha value is -0.160. The van der Waals surface area contributed by atoms with Crippen molar-refractivity contribution in [3.8, 4) is 0 Å². The summed E-state index contributed by atoms with van der Waals surface area (Å²) in [5.74, 6) is -0.183. The van der Waals surface area contributed by atoms with E-state index in [9.17, 15) is 4.39 Å². The van der Waals surface area contributed by atoms with Crippen molar-refractivity contribution in [1.29, 1.82) is 0 Å². The minimum Gasteiger partial charge on any atom is -0.298 e. The van der Waals surface area contributed by atoms with Gasteiger partial charge in [-0.25, -0.2) is 4.39 Å². The molecule has 2 heterocycles. The number of nitrogens with zero attached hydrogens (tertiary/aromatic N) is 2. The predicted octanol–water partition coefficient (Wildman–Crippen LogP) is 3.68. The molecule has 0 amide bonds. The molecule has 0 bridgehead atoms. The lowest BCUT2D eigenvalue weighted by Gasteiger charge is -2.43. The van der Waals surface area contributed by atoms with Gasteiger partial charge in [-0.2, -0.15) is 0 Å². The zero-order valence-electron chi connectivity index (χ0n) is 11.7. The highest BCUT2D eigenvalue weighted by Gasteiger charge is 2.36. The molecule has 0 radical (unpaired) electrons. The van der Waals surface area contributed by atoms with Crippen LogP contribution in [0.3, 0.4) is 0 Å². The summed E-state index contributed by atoms with van der Waals surface area (Å²) in [6.45, 7) is 6.82. The van der Waals surface area contributed by atoms with E-state index < -0.39 is 0 Å². The molecule has 3 rings (SSSR count). The van der Waals surface area contributed by atoms with Crippen LogP contribution in [0.25, 0.3) is 0 Å². The van der Waals surface area contributed by atoms with Crippen LogP contribution in [0.2, 0.25) is 0 Å². The molecule has 20 heavy (non-hydrogen) atoms. The molecule has 0 aliphatic carbocycles. The van der Waals surface area contributed by atoms with Gasteiger partial charge in [0.25, 0.3) is 0 Å². The zero-order valence-corrected chi connectivity index (χ0v) is 14.1. The topological polar surface area (TPSA) is 6.48 Å². The maximum Gasteiger partial charge on any atom is 0.137 e. The smallest absolute Gasteiger partial charge is 0.137 e. The summed E-state index contributed by atoms with van der Waals surface area (Å²) >= 11 is 3.27. The molecule has 0 saturated carbocycles. The Morgan fingerprint density at radius 3 is 2.85 bits per heavy atom. The third-order valence-corrected chi connectivity index (χ3v) is 5.20. The van der Waals surface area contributed by atoms with Crippen molar-refractivity contribution in [2.24, 2.45) is 0 Å². The SMILES string of the molecule is CC1C2CCCN2CCN1Cc1ccc(F)c(Br)c1.Cl. The second kappa shape index (κ2) is 6.73. The van der Waals surface area contributed by atoms with E-state index in [2.05, 4.69) is 32.7 Å². The number of hydrogen-bond acceptors (Lipinski definition) is 2. The van der Waals surface area contributed by atoms with Gasteiger partial charge in [-0.15, -0.1) is 12.4 Å². The van der Waals surface area contributed by atoms with Crippen molar-refractivity contribution in [3.63, 3.8) is 0 Å². The minimum atomic E-state index is -0.183. The van der Waals surface area contributed by atoms with Gasteiger partial charge in [-0.3, -0.25) is 9.80 Å². The van der Waals surface area contributed by atoms with Gasteiger partial charge in [0, 0.05) is 31.7 Å². The Bertz CT molecular complexity index is 471. The summed E-state index contributed by atoms with van der Waals surface area (Å²) in [6.07, 6.45) is 2.66. The van der Waals surface area contributed by atoms with Gasteiger partial charge in [0.05, 0.1) is 4.47 Å². The van der Waals surface area contributed by atoms with Crippen LogP contribution in [0.5, 0.6) is 0 Å². The Morgan fingerprint density at radius 1 is 1.30 bits per heavy atom. The number of hydrogen-bond donors (Lipinski definition) is 0. The predicted molar refractivity (Wildman–Crippen MR) is 85.8 cm³/mol. The fourth-order valence-corrected chi connectivity index (χ4v) is 3.90. The molecule has 2 unspecified atom stereocenters. The number of halogens is 3. The Labute approximate surface area is 134 Å². The number of benzene rings is 1. The molecule has 2 saturated heterocycles. The van der Waals surface area contributed by atoms with Crippen LogP contribution in [0, 0.1) is 5.82 Å². The third-order valence-electron chi connectivity index (χ3n) is 4.59. The maximum absolute atomic E-state index is 13.3. The Morgan fingerprint density at radius 2 is 2.10 bits per heavy atom. The van der Waals surface area contributed by atoms with E-state index >= 15 is 0 Å². The molecule has 1 aromatic rings. The first-order valence-corrected chi connectivity index (χ1v) is 7.86. The van der Waals surface area contributed by atoms with Gasteiger partial charge >= 0.3 is 0 Å². The fraction of sp³-hybridized carbons (Fsp3) is 0.600. The highest BCUT2D eigenvalue weighted by Crippen LogP contribution is 2.28. The average molecular weight is 364 g/mol. The highest BCUT2D eigenvalue weighted by atomic mass is 79.9. The molecule has 2 fully saturated rings. The molecule has 112 valence electrons. The normalized spacial score (nSPS) is 27.1. The van der Waals surface area contributed by atoms with Crippen LogP contribution >= 0.6 is 28.3 Å². The van der Waals surface area contributed by atoms with Crippen LogP contribution in [0.4, 0.5) is 4.39 Å². The van der Waals surface area contributed by atoms with Crippen molar-refractivity contribution >= 4 is 28.3 Å². The fourth-order valence-electron chi connectivity index (χ4n) is 3.48. The van der Waals surface area contributed by atoms with Gasteiger partial charge < -0.3 is 0 Å². The lowest BCUT2D eigenvalue weighted by atomic mass is 10.0.